The van der Waals surface area contributed by atoms with Gasteiger partial charge in [0.15, 0.2) is 0 Å². The van der Waals surface area contributed by atoms with Gasteiger partial charge in [-0.15, -0.1) is 0 Å². The molecule has 0 saturated heterocycles. The monoisotopic (exact) mass is 309 g/mol. The number of halogens is 1. The second kappa shape index (κ2) is 5.94. The number of amides is 1. The van der Waals surface area contributed by atoms with Crippen molar-refractivity contribution in [2.24, 2.45) is 0 Å². The van der Waals surface area contributed by atoms with Crippen LogP contribution in [0.5, 0.6) is 0 Å². The summed E-state index contributed by atoms with van der Waals surface area (Å²) in [6, 6.07) is 15.1. The summed E-state index contributed by atoms with van der Waals surface area (Å²) in [4.78, 5) is 11.8. The smallest absolute Gasteiger partial charge is 0.268 e. The second-order valence-corrected chi connectivity index (χ2v) is 5.63. The summed E-state index contributed by atoms with van der Waals surface area (Å²) in [7, 11) is -4.03. The van der Waals surface area contributed by atoms with E-state index in [0.29, 0.717) is 5.69 Å². The van der Waals surface area contributed by atoms with Crippen LogP contribution in [0.4, 0.5) is 5.69 Å². The van der Waals surface area contributed by atoms with E-state index in [1.54, 1.807) is 24.3 Å². The summed E-state index contributed by atoms with van der Waals surface area (Å²) in [5.41, 5.74) is 0.381. The molecule has 2 rings (SSSR count). The van der Waals surface area contributed by atoms with Crippen molar-refractivity contribution >= 4 is 33.4 Å². The molecule has 0 aliphatic rings. The molecule has 1 radical (unpaired) electrons. The molecule has 0 aliphatic heterocycles. The first-order valence-electron chi connectivity index (χ1n) is 5.53. The van der Waals surface area contributed by atoms with Crippen LogP contribution >= 0.6 is 11.6 Å². The maximum atomic E-state index is 11.8. The first-order valence-corrected chi connectivity index (χ1v) is 7.39. The maximum absolute atomic E-state index is 11.8. The van der Waals surface area contributed by atoms with Crippen LogP contribution in [0.3, 0.4) is 0 Å². The number of hydrogen-bond acceptors (Lipinski definition) is 3. The van der Waals surface area contributed by atoms with Crippen LogP contribution in [0.1, 0.15) is 10.4 Å². The van der Waals surface area contributed by atoms with E-state index in [-0.39, 0.29) is 10.6 Å². The Hall–Kier alpha value is -2.05. The molecule has 0 spiro atoms. The minimum Gasteiger partial charge on any atom is -0.268 e. The van der Waals surface area contributed by atoms with Crippen LogP contribution in [0.15, 0.2) is 48.5 Å². The lowest BCUT2D eigenvalue weighted by molar-refractivity contribution is 0.0982. The molecule has 0 fully saturated rings. The molecule has 7 heteroatoms. The minimum absolute atomic E-state index is 0.0826. The van der Waals surface area contributed by atoms with Gasteiger partial charge in [0.1, 0.15) is 0 Å². The van der Waals surface area contributed by atoms with Gasteiger partial charge in [0.2, 0.25) is 0 Å². The fourth-order valence-corrected chi connectivity index (χ4v) is 2.52. The number of carbonyl (C=O) groups excluding carboxylic acids is 1. The van der Waals surface area contributed by atoms with Gasteiger partial charge in [-0.3, -0.25) is 9.52 Å². The lowest BCUT2D eigenvalue weighted by Gasteiger charge is -2.09. The number of benzene rings is 2. The number of hydrogen-bond donors (Lipinski definition) is 2. The van der Waals surface area contributed by atoms with Gasteiger partial charge in [-0.1, -0.05) is 35.9 Å². The summed E-state index contributed by atoms with van der Waals surface area (Å²) >= 11 is 5.83. The highest BCUT2D eigenvalue weighted by Gasteiger charge is 2.17. The van der Waals surface area contributed by atoms with Crippen LogP contribution in [0.2, 0.25) is 5.02 Å². The number of nitrogens with one attached hydrogen (secondary N) is 2. The Kier molecular flexibility index (Phi) is 4.26. The topological polar surface area (TPSA) is 75.3 Å². The zero-order valence-corrected chi connectivity index (χ0v) is 11.7. The molecule has 2 N–H and O–H groups in total. The predicted octanol–water partition coefficient (Wildman–Crippen LogP) is 2.23. The van der Waals surface area contributed by atoms with Gasteiger partial charge in [-0.25, -0.2) is 4.72 Å². The Balaban J connectivity index is 2.13. The molecule has 0 unspecified atom stereocenters. The molecular weight excluding hydrogens is 300 g/mol. The minimum atomic E-state index is -4.03. The van der Waals surface area contributed by atoms with E-state index in [0.717, 1.165) is 0 Å². The van der Waals surface area contributed by atoms with E-state index in [9.17, 15) is 13.2 Å². The molecule has 1 amide bonds. The average molecular weight is 310 g/mol. The molecule has 0 aliphatic carbocycles. The molecule has 0 atom stereocenters. The first-order chi connectivity index (χ1) is 9.48. The van der Waals surface area contributed by atoms with Crippen molar-refractivity contribution in [3.63, 3.8) is 0 Å². The number of carbonyl (C=O) groups is 1. The zero-order chi connectivity index (χ0) is 14.6. The highest BCUT2D eigenvalue weighted by atomic mass is 35.5. The third-order valence-corrected chi connectivity index (χ3v) is 3.59. The highest BCUT2D eigenvalue weighted by molar-refractivity contribution is 7.91. The maximum Gasteiger partial charge on any atom is 0.323 e. The van der Waals surface area contributed by atoms with Crippen molar-refractivity contribution in [2.45, 2.75) is 0 Å². The lowest BCUT2D eigenvalue weighted by atomic mass is 10.2. The van der Waals surface area contributed by atoms with Gasteiger partial charge >= 0.3 is 10.2 Å². The summed E-state index contributed by atoms with van der Waals surface area (Å²) in [5.74, 6) is -0.803. The number of anilines is 1. The third kappa shape index (κ3) is 3.72. The molecule has 0 saturated carbocycles. The molecule has 5 nitrogen and oxygen atoms in total. The van der Waals surface area contributed by atoms with Gasteiger partial charge < -0.3 is 0 Å². The quantitative estimate of drug-likeness (QED) is 0.909. The normalized spacial score (nSPS) is 10.8. The Morgan fingerprint density at radius 1 is 1.15 bits per heavy atom. The molecule has 0 heterocycles. The standard InChI is InChI=1S/C13H10ClN2O3S/c14-12-9-5-4-8-11(12)13(17)16-20(18,19)15-10-6-2-1-3-7-10/h1-2,4-9,15H,(H,16,17). The van der Waals surface area contributed by atoms with E-state index >= 15 is 0 Å². The Bertz CT molecular complexity index is 717. The number of rotatable bonds is 4. The predicted molar refractivity (Wildman–Crippen MR) is 76.7 cm³/mol. The molecule has 103 valence electrons. The molecule has 2 aromatic carbocycles. The van der Waals surface area contributed by atoms with Gasteiger partial charge in [-0.2, -0.15) is 8.42 Å². The van der Waals surface area contributed by atoms with Gasteiger partial charge in [0.05, 0.1) is 16.3 Å². The van der Waals surface area contributed by atoms with E-state index in [1.807, 2.05) is 4.72 Å². The zero-order valence-electron chi connectivity index (χ0n) is 10.1. The Morgan fingerprint density at radius 2 is 1.90 bits per heavy atom. The van der Waals surface area contributed by atoms with Crippen LogP contribution < -0.4 is 9.44 Å². The van der Waals surface area contributed by atoms with E-state index in [1.165, 1.54) is 24.3 Å². The highest BCUT2D eigenvalue weighted by Crippen LogP contribution is 2.15. The van der Waals surface area contributed by atoms with Gasteiger partial charge in [-0.05, 0) is 30.3 Å². The van der Waals surface area contributed by atoms with Crippen molar-refractivity contribution in [1.82, 2.24) is 4.72 Å². The van der Waals surface area contributed by atoms with Crippen molar-refractivity contribution in [1.29, 1.82) is 0 Å². The Labute approximate surface area is 121 Å². The van der Waals surface area contributed by atoms with Crippen molar-refractivity contribution < 1.29 is 13.2 Å². The van der Waals surface area contributed by atoms with Crippen molar-refractivity contribution in [2.75, 3.05) is 4.72 Å². The fourth-order valence-electron chi connectivity index (χ4n) is 1.46. The van der Waals surface area contributed by atoms with Gasteiger partial charge in [0.25, 0.3) is 5.91 Å². The van der Waals surface area contributed by atoms with Crippen LogP contribution in [-0.2, 0) is 10.2 Å². The van der Waals surface area contributed by atoms with Crippen molar-refractivity contribution in [3.8, 4) is 0 Å². The summed E-state index contributed by atoms with van der Waals surface area (Å²) in [6.07, 6.45) is 0. The van der Waals surface area contributed by atoms with E-state index in [4.69, 9.17) is 11.6 Å². The van der Waals surface area contributed by atoms with Crippen LogP contribution in [0.25, 0.3) is 0 Å². The van der Waals surface area contributed by atoms with E-state index < -0.39 is 16.1 Å². The lowest BCUT2D eigenvalue weighted by Crippen LogP contribution is -2.35. The van der Waals surface area contributed by atoms with Gasteiger partial charge in [0, 0.05) is 0 Å². The van der Waals surface area contributed by atoms with Crippen LogP contribution in [-0.4, -0.2) is 14.3 Å². The first kappa shape index (κ1) is 14.4. The summed E-state index contributed by atoms with van der Waals surface area (Å²) in [5, 5.41) is 0.174. The Morgan fingerprint density at radius 3 is 2.55 bits per heavy atom. The fraction of sp³-hybridized carbons (Fsp3) is 0. The largest absolute Gasteiger partial charge is 0.323 e. The molecular formula is C13H10ClN2O3S. The average Bonchev–Trinajstić information content (AvgIpc) is 2.39. The summed E-state index contributed by atoms with van der Waals surface area (Å²) < 4.78 is 27.7. The molecule has 2 aromatic rings. The second-order valence-electron chi connectivity index (χ2n) is 3.81. The molecule has 20 heavy (non-hydrogen) atoms. The summed E-state index contributed by atoms with van der Waals surface area (Å²) in [6.45, 7) is 0. The van der Waals surface area contributed by atoms with Crippen molar-refractivity contribution in [3.05, 3.63) is 65.2 Å². The third-order valence-electron chi connectivity index (χ3n) is 2.30. The molecule has 0 bridgehead atoms. The molecule has 0 aromatic heterocycles. The van der Waals surface area contributed by atoms with Crippen LogP contribution in [0, 0.1) is 6.07 Å². The van der Waals surface area contributed by atoms with E-state index in [2.05, 4.69) is 10.8 Å². The SMILES string of the molecule is O=C(NS(=O)(=O)Nc1c[c]ccc1)c1ccccc1Cl.